The number of nitrogens with one attached hydrogen (secondary N) is 2. The zero-order valence-corrected chi connectivity index (χ0v) is 22.0. The molecule has 5 rings (SSSR count). The van der Waals surface area contributed by atoms with E-state index in [2.05, 4.69) is 15.5 Å². The molecule has 8 nitrogen and oxygen atoms in total. The van der Waals surface area contributed by atoms with Crippen molar-refractivity contribution in [1.29, 1.82) is 5.41 Å². The van der Waals surface area contributed by atoms with Crippen molar-refractivity contribution in [3.63, 3.8) is 0 Å². The Kier molecular flexibility index (Phi) is 6.84. The van der Waals surface area contributed by atoms with Crippen LogP contribution in [-0.2, 0) is 11.3 Å². The molecule has 0 aliphatic rings. The Morgan fingerprint density at radius 2 is 1.87 bits per heavy atom. The van der Waals surface area contributed by atoms with Crippen LogP contribution in [0.2, 0.25) is 5.02 Å². The van der Waals surface area contributed by atoms with E-state index in [4.69, 9.17) is 17.0 Å². The number of aryl methyl sites for hydroxylation is 1. The highest BCUT2D eigenvalue weighted by Crippen LogP contribution is 2.30. The standard InChI is InChI=1S/C29H27ClN6O2/c1-17-7-6-10-26-28(17)36(29(31)35(26)16-21-8-4-5-9-23(21)30)27-14-13-25(33-34-27)22-15-20(18(2)37)11-12-24(22)32-19(3)38/h4-15,18,31,37H,16H2,1-3H3,(H,32,38). The van der Waals surface area contributed by atoms with Crippen LogP contribution in [-0.4, -0.2) is 30.3 Å². The van der Waals surface area contributed by atoms with Gasteiger partial charge in [-0.1, -0.05) is 48.0 Å². The number of hydrogen-bond donors (Lipinski definition) is 3. The number of benzene rings is 3. The lowest BCUT2D eigenvalue weighted by molar-refractivity contribution is -0.114. The van der Waals surface area contributed by atoms with Crippen LogP contribution in [0.15, 0.2) is 72.8 Å². The summed E-state index contributed by atoms with van der Waals surface area (Å²) in [5.41, 5.74) is 6.35. The molecule has 9 heteroatoms. The molecule has 0 saturated heterocycles. The maximum Gasteiger partial charge on any atom is 0.221 e. The Balaban J connectivity index is 1.63. The Morgan fingerprint density at radius 3 is 2.55 bits per heavy atom. The Hall–Kier alpha value is -4.27. The van der Waals surface area contributed by atoms with Gasteiger partial charge in [0.15, 0.2) is 5.82 Å². The average Bonchev–Trinajstić information content (AvgIpc) is 3.17. The van der Waals surface area contributed by atoms with Crippen LogP contribution in [0.25, 0.3) is 28.1 Å². The third-order valence-corrected chi connectivity index (χ3v) is 6.85. The molecule has 1 atom stereocenters. The molecule has 0 aliphatic carbocycles. The summed E-state index contributed by atoms with van der Waals surface area (Å²) in [5, 5.41) is 31.6. The van der Waals surface area contributed by atoms with Crippen molar-refractivity contribution in [1.82, 2.24) is 19.3 Å². The van der Waals surface area contributed by atoms with E-state index in [1.165, 1.54) is 6.92 Å². The zero-order valence-electron chi connectivity index (χ0n) is 21.2. The monoisotopic (exact) mass is 526 g/mol. The number of anilines is 1. The first-order chi connectivity index (χ1) is 18.2. The van der Waals surface area contributed by atoms with E-state index in [1.807, 2.05) is 54.0 Å². The van der Waals surface area contributed by atoms with Gasteiger partial charge in [0.2, 0.25) is 11.5 Å². The molecule has 2 aromatic heterocycles. The number of aliphatic hydroxyl groups is 1. The SMILES string of the molecule is CC(=O)Nc1ccc(C(C)O)cc1-c1ccc(-n2c(=N)n(Cc3ccccc3Cl)c3cccc(C)c32)nn1. The minimum atomic E-state index is -0.680. The number of carbonyl (C=O) groups excluding carboxylic acids is 1. The normalized spacial score (nSPS) is 12.0. The van der Waals surface area contributed by atoms with Gasteiger partial charge in [0.1, 0.15) is 0 Å². The highest BCUT2D eigenvalue weighted by Gasteiger charge is 2.18. The van der Waals surface area contributed by atoms with Crippen LogP contribution in [0, 0.1) is 12.3 Å². The number of imidazole rings is 1. The van der Waals surface area contributed by atoms with Crippen LogP contribution < -0.4 is 10.9 Å². The minimum absolute atomic E-state index is 0.211. The molecule has 1 amide bonds. The summed E-state index contributed by atoms with van der Waals surface area (Å²) in [6.07, 6.45) is -0.680. The number of rotatable bonds is 6. The molecule has 0 bridgehead atoms. The molecule has 192 valence electrons. The fourth-order valence-electron chi connectivity index (χ4n) is 4.59. The van der Waals surface area contributed by atoms with Crippen molar-refractivity contribution in [3.8, 4) is 17.1 Å². The third-order valence-electron chi connectivity index (χ3n) is 6.48. The molecule has 2 heterocycles. The summed E-state index contributed by atoms with van der Waals surface area (Å²) in [7, 11) is 0. The maximum absolute atomic E-state index is 11.8. The van der Waals surface area contributed by atoms with Gasteiger partial charge in [-0.3, -0.25) is 14.8 Å². The number of amides is 1. The van der Waals surface area contributed by atoms with Gasteiger partial charge in [-0.2, -0.15) is 0 Å². The average molecular weight is 527 g/mol. The first-order valence-corrected chi connectivity index (χ1v) is 12.6. The molecule has 0 aliphatic heterocycles. The van der Waals surface area contributed by atoms with Crippen LogP contribution in [0.4, 0.5) is 5.69 Å². The van der Waals surface area contributed by atoms with E-state index in [0.717, 1.165) is 22.2 Å². The first-order valence-electron chi connectivity index (χ1n) is 12.2. The zero-order chi connectivity index (χ0) is 27.0. The van der Waals surface area contributed by atoms with Crippen LogP contribution in [0.3, 0.4) is 0 Å². The fourth-order valence-corrected chi connectivity index (χ4v) is 4.79. The Morgan fingerprint density at radius 1 is 1.08 bits per heavy atom. The lowest BCUT2D eigenvalue weighted by atomic mass is 10.0. The second-order valence-electron chi connectivity index (χ2n) is 9.22. The number of fused-ring (bicyclic) bond motifs is 1. The largest absolute Gasteiger partial charge is 0.389 e. The van der Waals surface area contributed by atoms with Gasteiger partial charge in [0.05, 0.1) is 35.1 Å². The summed E-state index contributed by atoms with van der Waals surface area (Å²) < 4.78 is 3.68. The lowest BCUT2D eigenvalue weighted by Gasteiger charge is -2.13. The second kappa shape index (κ2) is 10.2. The predicted octanol–water partition coefficient (Wildman–Crippen LogP) is 5.39. The summed E-state index contributed by atoms with van der Waals surface area (Å²) in [6, 6.07) is 22.5. The van der Waals surface area contributed by atoms with Crippen molar-refractivity contribution in [2.75, 3.05) is 5.32 Å². The number of hydrogen-bond acceptors (Lipinski definition) is 5. The van der Waals surface area contributed by atoms with Crippen molar-refractivity contribution < 1.29 is 9.90 Å². The maximum atomic E-state index is 11.8. The van der Waals surface area contributed by atoms with Gasteiger partial charge in [0.25, 0.3) is 0 Å². The smallest absolute Gasteiger partial charge is 0.221 e. The highest BCUT2D eigenvalue weighted by molar-refractivity contribution is 6.31. The predicted molar refractivity (Wildman–Crippen MR) is 148 cm³/mol. The summed E-state index contributed by atoms with van der Waals surface area (Å²) in [6.45, 7) is 5.55. The van der Waals surface area contributed by atoms with Crippen LogP contribution >= 0.6 is 11.6 Å². The molecule has 3 aromatic carbocycles. The molecule has 1 unspecified atom stereocenters. The summed E-state index contributed by atoms with van der Waals surface area (Å²) in [4.78, 5) is 11.8. The quantitative estimate of drug-likeness (QED) is 0.275. The van der Waals surface area contributed by atoms with Crippen molar-refractivity contribution >= 4 is 34.2 Å². The summed E-state index contributed by atoms with van der Waals surface area (Å²) >= 11 is 6.44. The number of halogens is 1. The highest BCUT2D eigenvalue weighted by atomic mass is 35.5. The molecule has 0 radical (unpaired) electrons. The molecule has 5 aromatic rings. The van der Waals surface area contributed by atoms with Gasteiger partial charge in [-0.25, -0.2) is 0 Å². The second-order valence-corrected chi connectivity index (χ2v) is 9.63. The van der Waals surface area contributed by atoms with Gasteiger partial charge in [-0.05, 0) is 66.9 Å². The number of carbonyl (C=O) groups is 1. The van der Waals surface area contributed by atoms with Gasteiger partial charge < -0.3 is 15.0 Å². The summed E-state index contributed by atoms with van der Waals surface area (Å²) in [5.74, 6) is 0.278. The number of nitrogens with zero attached hydrogens (tertiary/aromatic N) is 4. The van der Waals surface area contributed by atoms with Gasteiger partial charge in [0, 0.05) is 17.5 Å². The fraction of sp³-hybridized carbons (Fsp3) is 0.172. The Labute approximate surface area is 224 Å². The van der Waals surface area contributed by atoms with Crippen molar-refractivity contribution in [2.24, 2.45) is 0 Å². The van der Waals surface area contributed by atoms with E-state index in [0.29, 0.717) is 39.9 Å². The van der Waals surface area contributed by atoms with Crippen LogP contribution in [0.5, 0.6) is 0 Å². The molecule has 3 N–H and O–H groups in total. The number of aromatic nitrogens is 4. The van der Waals surface area contributed by atoms with E-state index in [1.54, 1.807) is 41.8 Å². The van der Waals surface area contributed by atoms with Gasteiger partial charge >= 0.3 is 0 Å². The lowest BCUT2D eigenvalue weighted by Crippen LogP contribution is -2.25. The minimum Gasteiger partial charge on any atom is -0.389 e. The Bertz CT molecular complexity index is 1720. The molecule has 0 fully saturated rings. The number of aliphatic hydroxyl groups excluding tert-OH is 1. The van der Waals surface area contributed by atoms with Crippen molar-refractivity contribution in [3.05, 3.63) is 100 Å². The number of para-hydroxylation sites is 1. The third kappa shape index (κ3) is 4.71. The molecular formula is C29H27ClN6O2. The molecule has 38 heavy (non-hydrogen) atoms. The molecule has 0 spiro atoms. The molecular weight excluding hydrogens is 500 g/mol. The van der Waals surface area contributed by atoms with E-state index in [9.17, 15) is 9.90 Å². The van der Waals surface area contributed by atoms with Crippen molar-refractivity contribution in [2.45, 2.75) is 33.4 Å². The van der Waals surface area contributed by atoms with E-state index in [-0.39, 0.29) is 11.5 Å². The van der Waals surface area contributed by atoms with Gasteiger partial charge in [-0.15, -0.1) is 10.2 Å². The van der Waals surface area contributed by atoms with E-state index < -0.39 is 6.10 Å². The van der Waals surface area contributed by atoms with Crippen LogP contribution in [0.1, 0.15) is 36.6 Å². The van der Waals surface area contributed by atoms with E-state index >= 15 is 0 Å². The molecule has 0 saturated carbocycles. The topological polar surface area (TPSA) is 109 Å². The first kappa shape index (κ1) is 25.4.